The molecule has 0 aliphatic heterocycles. The molecule has 0 aromatic heterocycles. The van der Waals surface area contributed by atoms with Gasteiger partial charge in [0.2, 0.25) is 5.91 Å². The lowest BCUT2D eigenvalue weighted by Gasteiger charge is -2.23. The molecular formula is C17H25NO3. The summed E-state index contributed by atoms with van der Waals surface area (Å²) in [5, 5.41) is 8.88. The van der Waals surface area contributed by atoms with E-state index < -0.39 is 11.9 Å². The van der Waals surface area contributed by atoms with Crippen molar-refractivity contribution in [3.8, 4) is 0 Å². The number of aliphatic carboxylic acids is 1. The van der Waals surface area contributed by atoms with E-state index in [0.717, 1.165) is 19.3 Å². The van der Waals surface area contributed by atoms with Crippen LogP contribution in [-0.2, 0) is 16.0 Å². The highest BCUT2D eigenvalue weighted by Crippen LogP contribution is 2.13. The first-order valence-electron chi connectivity index (χ1n) is 7.43. The predicted octanol–water partition coefficient (Wildman–Crippen LogP) is 2.82. The first-order valence-corrected chi connectivity index (χ1v) is 7.43. The number of rotatable bonds is 8. The molecule has 4 heteroatoms. The Kier molecular flexibility index (Phi) is 6.92. The summed E-state index contributed by atoms with van der Waals surface area (Å²) >= 11 is 0. The third-order valence-corrected chi connectivity index (χ3v) is 3.71. The highest BCUT2D eigenvalue weighted by atomic mass is 16.4. The molecule has 0 radical (unpaired) electrons. The van der Waals surface area contributed by atoms with E-state index >= 15 is 0 Å². The highest BCUT2D eigenvalue weighted by Gasteiger charge is 2.21. The van der Waals surface area contributed by atoms with Gasteiger partial charge >= 0.3 is 5.97 Å². The van der Waals surface area contributed by atoms with Crippen LogP contribution in [0.2, 0.25) is 0 Å². The molecule has 0 aliphatic rings. The van der Waals surface area contributed by atoms with Crippen LogP contribution < -0.4 is 0 Å². The SMILES string of the molecule is CC(CN(C)C(=O)C(C)CCCc1ccccc1)C(=O)O. The summed E-state index contributed by atoms with van der Waals surface area (Å²) in [6, 6.07) is 10.2. The molecule has 0 heterocycles. The van der Waals surface area contributed by atoms with Crippen LogP contribution in [0.5, 0.6) is 0 Å². The summed E-state index contributed by atoms with van der Waals surface area (Å²) in [7, 11) is 1.68. The molecule has 0 aliphatic carbocycles. The lowest BCUT2D eigenvalue weighted by atomic mass is 9.99. The number of amides is 1. The van der Waals surface area contributed by atoms with E-state index in [1.807, 2.05) is 25.1 Å². The van der Waals surface area contributed by atoms with Gasteiger partial charge in [-0.05, 0) is 24.8 Å². The van der Waals surface area contributed by atoms with E-state index in [2.05, 4.69) is 12.1 Å². The molecule has 0 saturated carbocycles. The number of carboxylic acids is 1. The van der Waals surface area contributed by atoms with Crippen molar-refractivity contribution in [1.29, 1.82) is 0 Å². The summed E-state index contributed by atoms with van der Waals surface area (Å²) in [6.45, 7) is 3.79. The molecule has 2 atom stereocenters. The molecule has 0 bridgehead atoms. The minimum Gasteiger partial charge on any atom is -0.481 e. The zero-order chi connectivity index (χ0) is 15.8. The second-order valence-corrected chi connectivity index (χ2v) is 5.74. The number of nitrogens with zero attached hydrogens (tertiary/aromatic N) is 1. The normalized spacial score (nSPS) is 13.5. The van der Waals surface area contributed by atoms with Crippen molar-refractivity contribution in [3.05, 3.63) is 35.9 Å². The zero-order valence-electron chi connectivity index (χ0n) is 13.1. The van der Waals surface area contributed by atoms with E-state index in [4.69, 9.17) is 5.11 Å². The molecule has 116 valence electrons. The minimum absolute atomic E-state index is 0.0242. The number of benzene rings is 1. The number of hydrogen-bond donors (Lipinski definition) is 1. The van der Waals surface area contributed by atoms with Gasteiger partial charge in [-0.2, -0.15) is 0 Å². The molecule has 21 heavy (non-hydrogen) atoms. The van der Waals surface area contributed by atoms with Crippen LogP contribution in [-0.4, -0.2) is 35.5 Å². The van der Waals surface area contributed by atoms with Gasteiger partial charge in [-0.1, -0.05) is 44.2 Å². The summed E-state index contributed by atoms with van der Waals surface area (Å²) in [5.41, 5.74) is 1.28. The Morgan fingerprint density at radius 3 is 2.33 bits per heavy atom. The van der Waals surface area contributed by atoms with Crippen molar-refractivity contribution in [2.75, 3.05) is 13.6 Å². The van der Waals surface area contributed by atoms with E-state index in [9.17, 15) is 9.59 Å². The molecule has 1 rings (SSSR count). The Labute approximate surface area is 126 Å². The van der Waals surface area contributed by atoms with Crippen LogP contribution in [0.25, 0.3) is 0 Å². The third-order valence-electron chi connectivity index (χ3n) is 3.71. The lowest BCUT2D eigenvalue weighted by Crippen LogP contribution is -2.36. The first kappa shape index (κ1) is 17.2. The number of carboxylic acid groups (broad SMARTS) is 1. The van der Waals surface area contributed by atoms with Crippen LogP contribution in [0.15, 0.2) is 30.3 Å². The molecule has 0 fully saturated rings. The van der Waals surface area contributed by atoms with Crippen molar-refractivity contribution in [2.24, 2.45) is 11.8 Å². The molecule has 2 unspecified atom stereocenters. The van der Waals surface area contributed by atoms with Crippen molar-refractivity contribution in [3.63, 3.8) is 0 Å². The van der Waals surface area contributed by atoms with Crippen molar-refractivity contribution >= 4 is 11.9 Å². The first-order chi connectivity index (χ1) is 9.91. The van der Waals surface area contributed by atoms with Gasteiger partial charge < -0.3 is 10.0 Å². The zero-order valence-corrected chi connectivity index (χ0v) is 13.1. The topological polar surface area (TPSA) is 57.6 Å². The number of hydrogen-bond acceptors (Lipinski definition) is 2. The fraction of sp³-hybridized carbons (Fsp3) is 0.529. The van der Waals surface area contributed by atoms with Gasteiger partial charge in [-0.25, -0.2) is 0 Å². The van der Waals surface area contributed by atoms with Gasteiger partial charge in [0.1, 0.15) is 0 Å². The van der Waals surface area contributed by atoms with Crippen LogP contribution in [0.4, 0.5) is 0 Å². The Bertz CT molecular complexity index is 458. The van der Waals surface area contributed by atoms with Crippen molar-refractivity contribution in [2.45, 2.75) is 33.1 Å². The highest BCUT2D eigenvalue weighted by molar-refractivity contribution is 5.79. The average Bonchev–Trinajstić information content (AvgIpc) is 2.47. The predicted molar refractivity (Wildman–Crippen MR) is 83.0 cm³/mol. The maximum absolute atomic E-state index is 12.2. The van der Waals surface area contributed by atoms with Gasteiger partial charge in [0.25, 0.3) is 0 Å². The van der Waals surface area contributed by atoms with E-state index in [1.54, 1.807) is 14.0 Å². The van der Waals surface area contributed by atoms with Gasteiger partial charge in [0, 0.05) is 19.5 Å². The lowest BCUT2D eigenvalue weighted by molar-refractivity contribution is -0.143. The van der Waals surface area contributed by atoms with Crippen LogP contribution >= 0.6 is 0 Å². The molecule has 0 saturated heterocycles. The van der Waals surface area contributed by atoms with E-state index in [-0.39, 0.29) is 18.4 Å². The van der Waals surface area contributed by atoms with Crippen molar-refractivity contribution in [1.82, 2.24) is 4.90 Å². The standard InChI is InChI=1S/C17H25NO3/c1-13(8-7-11-15-9-5-4-6-10-15)16(19)18(3)12-14(2)17(20)21/h4-6,9-10,13-14H,7-8,11-12H2,1-3H3,(H,20,21). The van der Waals surface area contributed by atoms with Crippen LogP contribution in [0.3, 0.4) is 0 Å². The Morgan fingerprint density at radius 1 is 1.14 bits per heavy atom. The van der Waals surface area contributed by atoms with Crippen LogP contribution in [0, 0.1) is 11.8 Å². The Hall–Kier alpha value is -1.84. The average molecular weight is 291 g/mol. The maximum Gasteiger partial charge on any atom is 0.308 e. The maximum atomic E-state index is 12.2. The number of aryl methyl sites for hydroxylation is 1. The Balaban J connectivity index is 2.35. The molecular weight excluding hydrogens is 266 g/mol. The second-order valence-electron chi connectivity index (χ2n) is 5.74. The molecule has 1 aromatic rings. The largest absolute Gasteiger partial charge is 0.481 e. The van der Waals surface area contributed by atoms with Gasteiger partial charge in [-0.3, -0.25) is 9.59 Å². The molecule has 0 spiro atoms. The molecule has 1 N–H and O–H groups in total. The van der Waals surface area contributed by atoms with Gasteiger partial charge in [0.05, 0.1) is 5.92 Å². The smallest absolute Gasteiger partial charge is 0.308 e. The third kappa shape index (κ3) is 5.98. The fourth-order valence-corrected chi connectivity index (χ4v) is 2.34. The fourth-order valence-electron chi connectivity index (χ4n) is 2.34. The number of carbonyl (C=O) groups excluding carboxylic acids is 1. The van der Waals surface area contributed by atoms with Gasteiger partial charge in [-0.15, -0.1) is 0 Å². The Morgan fingerprint density at radius 2 is 1.76 bits per heavy atom. The summed E-state index contributed by atoms with van der Waals surface area (Å²) in [6.07, 6.45) is 2.74. The number of carbonyl (C=O) groups is 2. The van der Waals surface area contributed by atoms with E-state index in [0.29, 0.717) is 0 Å². The monoisotopic (exact) mass is 291 g/mol. The van der Waals surface area contributed by atoms with Crippen molar-refractivity contribution < 1.29 is 14.7 Å². The minimum atomic E-state index is -0.869. The molecule has 1 aromatic carbocycles. The summed E-state index contributed by atoms with van der Waals surface area (Å²) in [4.78, 5) is 24.5. The molecule has 1 amide bonds. The van der Waals surface area contributed by atoms with Crippen LogP contribution in [0.1, 0.15) is 32.3 Å². The molecule has 4 nitrogen and oxygen atoms in total. The quantitative estimate of drug-likeness (QED) is 0.801. The van der Waals surface area contributed by atoms with Gasteiger partial charge in [0.15, 0.2) is 0 Å². The second kappa shape index (κ2) is 8.45. The summed E-state index contributed by atoms with van der Waals surface area (Å²) in [5.74, 6) is -1.45. The summed E-state index contributed by atoms with van der Waals surface area (Å²) < 4.78 is 0. The van der Waals surface area contributed by atoms with E-state index in [1.165, 1.54) is 10.5 Å².